The smallest absolute Gasteiger partial charge is 0.227 e. The van der Waals surface area contributed by atoms with Crippen molar-refractivity contribution in [1.82, 2.24) is 4.90 Å². The number of carbonyl (C=O) groups is 1. The predicted octanol–water partition coefficient (Wildman–Crippen LogP) is 1.80. The Morgan fingerprint density at radius 2 is 2.06 bits per heavy atom. The summed E-state index contributed by atoms with van der Waals surface area (Å²) in [5, 5.41) is 0. The summed E-state index contributed by atoms with van der Waals surface area (Å²) in [7, 11) is 0. The molecule has 1 amide bonds. The summed E-state index contributed by atoms with van der Waals surface area (Å²) in [6.45, 7) is 7.59. The number of nitrogens with zero attached hydrogens (tertiary/aromatic N) is 1. The van der Waals surface area contributed by atoms with Crippen molar-refractivity contribution in [2.24, 2.45) is 5.73 Å². The van der Waals surface area contributed by atoms with Crippen LogP contribution in [0.4, 0.5) is 0 Å². The summed E-state index contributed by atoms with van der Waals surface area (Å²) in [6.07, 6.45) is 1.42. The lowest BCUT2D eigenvalue weighted by molar-refractivity contribution is -0.138. The SMILES string of the molecule is CCC1(N)CN(C(=O)Cc2cc(C)ccc2C)C1. The molecule has 2 rings (SSSR count). The normalized spacial score (nSPS) is 17.4. The van der Waals surface area contributed by atoms with E-state index in [-0.39, 0.29) is 11.4 Å². The fraction of sp³-hybridized carbons (Fsp3) is 0.533. The van der Waals surface area contributed by atoms with Crippen molar-refractivity contribution >= 4 is 5.91 Å². The molecule has 0 aromatic heterocycles. The van der Waals surface area contributed by atoms with E-state index in [1.807, 2.05) is 4.90 Å². The van der Waals surface area contributed by atoms with E-state index in [1.54, 1.807) is 0 Å². The van der Waals surface area contributed by atoms with E-state index in [0.717, 1.165) is 12.0 Å². The molecule has 1 aromatic rings. The Morgan fingerprint density at radius 1 is 1.39 bits per heavy atom. The summed E-state index contributed by atoms with van der Waals surface area (Å²) in [5.41, 5.74) is 9.46. The van der Waals surface area contributed by atoms with Crippen molar-refractivity contribution in [2.45, 2.75) is 39.2 Å². The van der Waals surface area contributed by atoms with Crippen LogP contribution < -0.4 is 5.73 Å². The van der Waals surface area contributed by atoms with Gasteiger partial charge >= 0.3 is 0 Å². The number of likely N-dealkylation sites (tertiary alicyclic amines) is 1. The second-order valence-corrected chi connectivity index (χ2v) is 5.57. The molecule has 0 radical (unpaired) electrons. The number of benzene rings is 1. The van der Waals surface area contributed by atoms with E-state index < -0.39 is 0 Å². The molecule has 0 bridgehead atoms. The molecule has 3 heteroatoms. The average molecular weight is 246 g/mol. The Labute approximate surface area is 109 Å². The highest BCUT2D eigenvalue weighted by molar-refractivity contribution is 5.80. The number of hydrogen-bond acceptors (Lipinski definition) is 2. The van der Waals surface area contributed by atoms with Crippen LogP contribution in [0.3, 0.4) is 0 Å². The van der Waals surface area contributed by atoms with Gasteiger partial charge in [-0.1, -0.05) is 30.7 Å². The highest BCUT2D eigenvalue weighted by Gasteiger charge is 2.40. The molecule has 1 aliphatic rings. The maximum absolute atomic E-state index is 12.1. The van der Waals surface area contributed by atoms with E-state index in [0.29, 0.717) is 19.5 Å². The van der Waals surface area contributed by atoms with Gasteiger partial charge in [-0.25, -0.2) is 0 Å². The van der Waals surface area contributed by atoms with Gasteiger partial charge in [0, 0.05) is 13.1 Å². The van der Waals surface area contributed by atoms with Crippen molar-refractivity contribution < 1.29 is 4.79 Å². The number of rotatable bonds is 3. The van der Waals surface area contributed by atoms with Crippen molar-refractivity contribution in [3.05, 3.63) is 34.9 Å². The molecule has 1 saturated heterocycles. The average Bonchev–Trinajstić information content (AvgIpc) is 2.29. The zero-order chi connectivity index (χ0) is 13.3. The van der Waals surface area contributed by atoms with Gasteiger partial charge in [0.15, 0.2) is 0 Å². The van der Waals surface area contributed by atoms with Gasteiger partial charge in [-0.2, -0.15) is 0 Å². The minimum Gasteiger partial charge on any atom is -0.339 e. The molecule has 98 valence electrons. The summed E-state index contributed by atoms with van der Waals surface area (Å²) in [4.78, 5) is 14.0. The number of hydrogen-bond donors (Lipinski definition) is 1. The molecule has 1 aromatic carbocycles. The topological polar surface area (TPSA) is 46.3 Å². The van der Waals surface area contributed by atoms with E-state index in [2.05, 4.69) is 39.0 Å². The maximum atomic E-state index is 12.1. The first-order valence-corrected chi connectivity index (χ1v) is 6.56. The monoisotopic (exact) mass is 246 g/mol. The van der Waals surface area contributed by atoms with Crippen LogP contribution in [0.25, 0.3) is 0 Å². The minimum absolute atomic E-state index is 0.142. The Hall–Kier alpha value is -1.35. The fourth-order valence-corrected chi connectivity index (χ4v) is 2.38. The fourth-order valence-electron chi connectivity index (χ4n) is 2.38. The minimum atomic E-state index is -0.142. The molecule has 18 heavy (non-hydrogen) atoms. The summed E-state index contributed by atoms with van der Waals surface area (Å²) in [5.74, 6) is 0.193. The molecule has 1 fully saturated rings. The first-order valence-electron chi connectivity index (χ1n) is 6.56. The Kier molecular flexibility index (Phi) is 3.44. The molecule has 0 aliphatic carbocycles. The molecular formula is C15H22N2O. The summed E-state index contributed by atoms with van der Waals surface area (Å²) < 4.78 is 0. The van der Waals surface area contributed by atoms with Crippen molar-refractivity contribution in [1.29, 1.82) is 0 Å². The van der Waals surface area contributed by atoms with Crippen LogP contribution in [0.15, 0.2) is 18.2 Å². The van der Waals surface area contributed by atoms with Crippen LogP contribution in [0, 0.1) is 13.8 Å². The Bertz CT molecular complexity index is 462. The second kappa shape index (κ2) is 4.73. The molecule has 2 N–H and O–H groups in total. The number of amides is 1. The first kappa shape index (κ1) is 13.1. The maximum Gasteiger partial charge on any atom is 0.227 e. The van der Waals surface area contributed by atoms with Gasteiger partial charge < -0.3 is 10.6 Å². The number of carbonyl (C=O) groups excluding carboxylic acids is 1. The van der Waals surface area contributed by atoms with E-state index >= 15 is 0 Å². The van der Waals surface area contributed by atoms with Gasteiger partial charge in [-0.05, 0) is 31.4 Å². The van der Waals surface area contributed by atoms with Gasteiger partial charge in [-0.3, -0.25) is 4.79 Å². The lowest BCUT2D eigenvalue weighted by atomic mass is 9.87. The molecule has 0 atom stereocenters. The Balaban J connectivity index is 1.99. The lowest BCUT2D eigenvalue weighted by Gasteiger charge is -2.47. The zero-order valence-corrected chi connectivity index (χ0v) is 11.5. The van der Waals surface area contributed by atoms with Crippen molar-refractivity contribution in [3.8, 4) is 0 Å². The van der Waals surface area contributed by atoms with Crippen LogP contribution in [-0.4, -0.2) is 29.4 Å². The number of nitrogens with two attached hydrogens (primary N) is 1. The predicted molar refractivity (Wildman–Crippen MR) is 73.4 cm³/mol. The highest BCUT2D eigenvalue weighted by Crippen LogP contribution is 2.23. The summed E-state index contributed by atoms with van der Waals surface area (Å²) >= 11 is 0. The molecule has 0 saturated carbocycles. The Morgan fingerprint density at radius 3 is 2.67 bits per heavy atom. The molecule has 3 nitrogen and oxygen atoms in total. The standard InChI is InChI=1S/C15H22N2O/c1-4-15(16)9-17(10-15)14(18)8-13-7-11(2)5-6-12(13)3/h5-7H,4,8-10,16H2,1-3H3. The first-order chi connectivity index (χ1) is 8.43. The zero-order valence-electron chi connectivity index (χ0n) is 11.5. The molecule has 1 aliphatic heterocycles. The van der Waals surface area contributed by atoms with Gasteiger partial charge in [0.05, 0.1) is 12.0 Å². The van der Waals surface area contributed by atoms with Gasteiger partial charge in [0.1, 0.15) is 0 Å². The van der Waals surface area contributed by atoms with E-state index in [4.69, 9.17) is 5.73 Å². The molecule has 0 unspecified atom stereocenters. The molecular weight excluding hydrogens is 224 g/mol. The van der Waals surface area contributed by atoms with Crippen molar-refractivity contribution in [3.63, 3.8) is 0 Å². The van der Waals surface area contributed by atoms with Crippen LogP contribution >= 0.6 is 0 Å². The number of aryl methyl sites for hydroxylation is 2. The third-order valence-corrected chi connectivity index (χ3v) is 3.91. The largest absolute Gasteiger partial charge is 0.339 e. The second-order valence-electron chi connectivity index (χ2n) is 5.57. The third kappa shape index (κ3) is 2.56. The molecule has 0 spiro atoms. The summed E-state index contributed by atoms with van der Waals surface area (Å²) in [6, 6.07) is 6.25. The lowest BCUT2D eigenvalue weighted by Crippen LogP contribution is -2.68. The van der Waals surface area contributed by atoms with Crippen molar-refractivity contribution in [2.75, 3.05) is 13.1 Å². The highest BCUT2D eigenvalue weighted by atomic mass is 16.2. The van der Waals surface area contributed by atoms with Gasteiger partial charge in [-0.15, -0.1) is 0 Å². The van der Waals surface area contributed by atoms with Gasteiger partial charge in [0.2, 0.25) is 5.91 Å². The van der Waals surface area contributed by atoms with E-state index in [9.17, 15) is 4.79 Å². The third-order valence-electron chi connectivity index (χ3n) is 3.91. The van der Waals surface area contributed by atoms with Crippen LogP contribution in [0.1, 0.15) is 30.0 Å². The van der Waals surface area contributed by atoms with Crippen LogP contribution in [-0.2, 0) is 11.2 Å². The van der Waals surface area contributed by atoms with Gasteiger partial charge in [0.25, 0.3) is 0 Å². The van der Waals surface area contributed by atoms with E-state index in [1.165, 1.54) is 11.1 Å². The molecule has 1 heterocycles. The quantitative estimate of drug-likeness (QED) is 0.884. The van der Waals surface area contributed by atoms with Crippen LogP contribution in [0.2, 0.25) is 0 Å². The van der Waals surface area contributed by atoms with Crippen LogP contribution in [0.5, 0.6) is 0 Å².